The molecule has 0 atom stereocenters. The number of amides is 4. The molecule has 20 nitrogen and oxygen atoms in total. The lowest BCUT2D eigenvalue weighted by Crippen LogP contribution is -2.21. The Morgan fingerprint density at radius 2 is 0.554 bits per heavy atom. The molecule has 4 amide bonds. The summed E-state index contributed by atoms with van der Waals surface area (Å²) in [5.74, 6) is -12.8. The number of anilines is 4. The molecule has 28 heteroatoms. The molecule has 12 aromatic carbocycles. The number of nitrogens with zero attached hydrogens (tertiary/aromatic N) is 8. The van der Waals surface area contributed by atoms with Crippen molar-refractivity contribution in [3.63, 3.8) is 0 Å². The maximum Gasteiger partial charge on any atom is 0.256 e. The topological polar surface area (TPSA) is 300 Å². The smallest absolute Gasteiger partial charge is 0.256 e. The molecule has 0 spiro atoms. The van der Waals surface area contributed by atoms with Crippen LogP contribution in [0.15, 0.2) is 267 Å². The Bertz CT molecular complexity index is 7280. The van der Waals surface area contributed by atoms with E-state index in [0.717, 1.165) is 177 Å². The molecule has 16 aromatic rings. The Balaban J connectivity index is 0.000000128. The Labute approximate surface area is 809 Å². The van der Waals surface area contributed by atoms with Gasteiger partial charge in [-0.15, -0.1) is 0 Å². The normalized spacial score (nSPS) is 12.1. The minimum Gasteiger partial charge on any atom is -0.392 e. The van der Waals surface area contributed by atoms with Crippen molar-refractivity contribution in [3.05, 3.63) is 446 Å². The maximum absolute atomic E-state index is 14.1. The summed E-state index contributed by atoms with van der Waals surface area (Å²) in [6.07, 6.45) is 6.58. The second-order valence-electron chi connectivity index (χ2n) is 33.9. The fourth-order valence-corrected chi connectivity index (χ4v) is 17.6. The first-order valence-electron chi connectivity index (χ1n) is 45.2. The van der Waals surface area contributed by atoms with Crippen molar-refractivity contribution in [1.82, 2.24) is 39.9 Å². The number of aliphatic hydroxyl groups is 4. The van der Waals surface area contributed by atoms with Gasteiger partial charge in [-0.05, 0) is 188 Å². The first-order chi connectivity index (χ1) is 67.5. The number of aliphatic hydroxyl groups excluding tert-OH is 4. The van der Waals surface area contributed by atoms with E-state index in [1.807, 2.05) is 218 Å². The number of benzene rings is 12. The van der Waals surface area contributed by atoms with Crippen LogP contribution in [-0.4, -0.2) is 83.9 Å². The number of aromatic nitrogens is 8. The summed E-state index contributed by atoms with van der Waals surface area (Å²) in [6.45, 7) is -0.0702. The third-order valence-electron chi connectivity index (χ3n) is 24.3. The molecule has 20 rings (SSSR count). The highest BCUT2D eigenvalue weighted by atomic mass is 127. The van der Waals surface area contributed by atoms with Gasteiger partial charge in [-0.25, -0.2) is 70.6 Å². The number of nitrogens with one attached hydrogen (secondary N) is 4. The van der Waals surface area contributed by atoms with Crippen LogP contribution >= 0.6 is 22.6 Å². The number of carbonyl (C=O) groups excluding carboxylic acids is 4. The minimum absolute atomic E-state index is 0.0198. The van der Waals surface area contributed by atoms with E-state index in [2.05, 4.69) is 61.0 Å². The molecule has 4 aromatic heterocycles. The quantitative estimate of drug-likeness (QED) is 0.0128. The molecular formula is C111H90F7IN12O8. The number of hydrogen-bond acceptors (Lipinski definition) is 16. The summed E-state index contributed by atoms with van der Waals surface area (Å²) >= 11 is 2.26. The Morgan fingerprint density at radius 1 is 0.273 bits per heavy atom. The predicted octanol–water partition coefficient (Wildman–Crippen LogP) is 19.7. The average molecular weight is 1980 g/mol. The number of aryl methyl sites for hydroxylation is 8. The van der Waals surface area contributed by atoms with E-state index in [0.29, 0.717) is 89.9 Å². The minimum atomic E-state index is -2.29. The van der Waals surface area contributed by atoms with Gasteiger partial charge in [-0.3, -0.25) is 19.2 Å². The van der Waals surface area contributed by atoms with Crippen molar-refractivity contribution < 1.29 is 70.3 Å². The standard InChI is InChI=1S/C28H20F5N3O2.C28H23F2N3O2.C28H24IN3O2.C27H23N3O2/c29-22-18(23(30)25(32)26(33)24(22)31)12-21(38)36-28-20(11-14-4-2-1-3-5-14)34-27-17-8-6-15(13-37)10-16(17)7-9-19(27)35-28;29-22-10-7-18(13-23(22)30)15-26(35)33-28-25(14-17-4-2-1-3-5-17)31-27-21-9-6-19(16-34)12-20(21)8-11-24(27)32-28;29-22-10-6-19(7-11-22)16-26(34)32-28-25(15-18-4-2-1-3-5-18)30-27-23-12-8-20(17-33)14-21(23)9-13-24(27)31-28;31-17-19-11-13-22-21(15-19)12-14-23-25(22)28-24(16-18-7-3-1-4-8-18)26(29-23)30-27(32)20-9-5-2-6-10-20/h1-6,8,10,37H,7,9,11-13H2,(H,35,36,38);1-7,9-10,12-13,34H,8,11,14-16H2,(H,32,33,35);1-8,10-12,14,33H,9,13,15-17H2,(H,31,32,34);1-11,13,15,31H,12,14,16-17H2,(H,29,30,32). The highest BCUT2D eigenvalue weighted by Crippen LogP contribution is 2.40. The van der Waals surface area contributed by atoms with Crippen LogP contribution in [0.5, 0.6) is 0 Å². The van der Waals surface area contributed by atoms with E-state index < -0.39 is 58.6 Å². The molecule has 139 heavy (non-hydrogen) atoms. The number of halogens is 8. The second-order valence-corrected chi connectivity index (χ2v) is 35.2. The Morgan fingerprint density at radius 3 is 0.871 bits per heavy atom. The molecule has 0 radical (unpaired) electrons. The van der Waals surface area contributed by atoms with Gasteiger partial charge >= 0.3 is 0 Å². The van der Waals surface area contributed by atoms with Crippen LogP contribution in [0.4, 0.5) is 54.0 Å². The van der Waals surface area contributed by atoms with Crippen molar-refractivity contribution in [3.8, 4) is 45.0 Å². The van der Waals surface area contributed by atoms with E-state index in [1.165, 1.54) is 17.2 Å². The average Bonchev–Trinajstić information content (AvgIpc) is 0.774. The molecule has 8 N–H and O–H groups in total. The fraction of sp³-hybridized carbons (Fsp3) is 0.171. The molecule has 0 unspecified atom stereocenters. The van der Waals surface area contributed by atoms with E-state index in [4.69, 9.17) is 34.9 Å². The number of carbonyl (C=O) groups is 4. The zero-order valence-corrected chi connectivity index (χ0v) is 77.0. The van der Waals surface area contributed by atoms with Crippen molar-refractivity contribution in [2.24, 2.45) is 0 Å². The zero-order valence-electron chi connectivity index (χ0n) is 74.9. The number of fused-ring (bicyclic) bond motifs is 12. The summed E-state index contributed by atoms with van der Waals surface area (Å²) in [5.41, 5.74) is 25.3. The lowest BCUT2D eigenvalue weighted by atomic mass is 9.90. The van der Waals surface area contributed by atoms with Crippen molar-refractivity contribution in [2.45, 2.75) is 123 Å². The molecule has 698 valence electrons. The monoisotopic (exact) mass is 1980 g/mol. The molecular weight excluding hydrogens is 1890 g/mol. The van der Waals surface area contributed by atoms with Gasteiger partial charge in [0.1, 0.15) is 0 Å². The molecule has 0 fully saturated rings. The van der Waals surface area contributed by atoms with Gasteiger partial charge < -0.3 is 41.7 Å². The van der Waals surface area contributed by atoms with Gasteiger partial charge in [0.25, 0.3) is 5.91 Å². The van der Waals surface area contributed by atoms with Crippen LogP contribution in [0.3, 0.4) is 0 Å². The van der Waals surface area contributed by atoms with E-state index >= 15 is 0 Å². The molecule has 4 aliphatic rings. The van der Waals surface area contributed by atoms with Crippen LogP contribution in [-0.2, 0) is 137 Å². The van der Waals surface area contributed by atoms with Gasteiger partial charge in [0.2, 0.25) is 23.5 Å². The second kappa shape index (κ2) is 43.9. The van der Waals surface area contributed by atoms with Crippen molar-refractivity contribution in [2.75, 3.05) is 21.3 Å². The van der Waals surface area contributed by atoms with Crippen LogP contribution < -0.4 is 21.3 Å². The number of rotatable bonds is 23. The van der Waals surface area contributed by atoms with Gasteiger partial charge in [0.15, 0.2) is 58.2 Å². The fourth-order valence-electron chi connectivity index (χ4n) is 17.3. The summed E-state index contributed by atoms with van der Waals surface area (Å²) in [7, 11) is 0. The maximum atomic E-state index is 14.1. The molecule has 0 saturated heterocycles. The molecule has 0 aliphatic heterocycles. The Kier molecular flexibility index (Phi) is 30.2. The molecule has 0 bridgehead atoms. The summed E-state index contributed by atoms with van der Waals surface area (Å²) in [4.78, 5) is 90.2. The summed E-state index contributed by atoms with van der Waals surface area (Å²) in [6, 6.07) is 83.0. The molecule has 4 heterocycles. The van der Waals surface area contributed by atoms with Crippen molar-refractivity contribution in [1.29, 1.82) is 0 Å². The van der Waals surface area contributed by atoms with Crippen molar-refractivity contribution >= 4 is 69.5 Å². The zero-order chi connectivity index (χ0) is 96.7. The predicted molar refractivity (Wildman–Crippen MR) is 523 cm³/mol. The van der Waals surface area contributed by atoms with E-state index in [1.54, 1.807) is 18.2 Å². The van der Waals surface area contributed by atoms with Gasteiger partial charge in [0, 0.05) is 62.6 Å². The lowest BCUT2D eigenvalue weighted by Gasteiger charge is -2.21. The highest BCUT2D eigenvalue weighted by molar-refractivity contribution is 14.1. The van der Waals surface area contributed by atoms with Gasteiger partial charge in [0.05, 0.1) is 114 Å². The van der Waals surface area contributed by atoms with E-state index in [9.17, 15) is 70.3 Å². The SMILES string of the molecule is O=C(Cc1c(F)c(F)c(F)c(F)c1F)Nc1nc2c(nc1Cc1ccccc1)-c1ccc(CO)cc1CC2.O=C(Cc1ccc(F)c(F)c1)Nc1nc2c(nc1Cc1ccccc1)-c1ccc(CO)cc1CC2.O=C(Cc1ccc(I)cc1)Nc1nc2c(nc1Cc1ccccc1)-c1ccc(CO)cc1CC2.O=C(Nc1nc2c(nc1Cc1ccccc1)-c1ccc(CO)cc1CC2)c1ccccc1. The first-order valence-corrected chi connectivity index (χ1v) is 46.3. The third kappa shape index (κ3) is 22.9. The van der Waals surface area contributed by atoms with Gasteiger partial charge in [-0.1, -0.05) is 231 Å². The molecule has 4 aliphatic carbocycles. The Hall–Kier alpha value is -15.1. The summed E-state index contributed by atoms with van der Waals surface area (Å²) in [5, 5.41) is 49.3. The lowest BCUT2D eigenvalue weighted by molar-refractivity contribution is -0.116. The molecule has 0 saturated carbocycles. The van der Waals surface area contributed by atoms with Crippen LogP contribution in [0.2, 0.25) is 0 Å². The van der Waals surface area contributed by atoms with E-state index in [-0.39, 0.29) is 69.2 Å². The number of hydrogen-bond donors (Lipinski definition) is 8. The third-order valence-corrected chi connectivity index (χ3v) is 25.0. The van der Waals surface area contributed by atoms with Gasteiger partial charge in [-0.2, -0.15) is 0 Å². The van der Waals surface area contributed by atoms with Crippen LogP contribution in [0.25, 0.3) is 45.0 Å². The first kappa shape index (κ1) is 95.6. The largest absolute Gasteiger partial charge is 0.392 e. The summed E-state index contributed by atoms with van der Waals surface area (Å²) < 4.78 is 96.9. The van der Waals surface area contributed by atoms with Crippen LogP contribution in [0.1, 0.15) is 139 Å². The highest BCUT2D eigenvalue weighted by Gasteiger charge is 2.32. The van der Waals surface area contributed by atoms with Crippen LogP contribution in [0, 0.1) is 44.3 Å².